The molecule has 0 aliphatic carbocycles. The number of unbranched alkanes of at least 4 members (excludes halogenated alkanes) is 1. The number of benzene rings is 1. The minimum atomic E-state index is -2.90. The number of pyridine rings is 1. The number of fused-ring (bicyclic) bond motifs is 2. The van der Waals surface area contributed by atoms with E-state index in [0.29, 0.717) is 30.4 Å². The van der Waals surface area contributed by atoms with Crippen LogP contribution in [0, 0.1) is 0 Å². The maximum atomic E-state index is 14.5. The lowest BCUT2D eigenvalue weighted by atomic mass is 9.91. The summed E-state index contributed by atoms with van der Waals surface area (Å²) in [6.07, 6.45) is 4.47. The molecule has 0 amide bonds. The number of rotatable bonds is 10. The Balaban J connectivity index is 1.27. The number of carbonyl (C=O) groups is 1. The fraction of sp³-hybridized carbons (Fsp3) is 0.440. The van der Waals surface area contributed by atoms with Crippen molar-refractivity contribution in [2.45, 2.75) is 63.2 Å². The van der Waals surface area contributed by atoms with Crippen molar-refractivity contribution in [2.24, 2.45) is 0 Å². The smallest absolute Gasteiger partial charge is 0.310 e. The van der Waals surface area contributed by atoms with Crippen LogP contribution in [0.3, 0.4) is 0 Å². The van der Waals surface area contributed by atoms with Gasteiger partial charge in [-0.15, -0.1) is 0 Å². The second-order valence-electron chi connectivity index (χ2n) is 8.55. The number of alkyl halides is 2. The molecule has 32 heavy (non-hydrogen) atoms. The number of hydrogen-bond acceptors (Lipinski definition) is 4. The summed E-state index contributed by atoms with van der Waals surface area (Å²) in [4.78, 5) is 16.3. The molecule has 1 aromatic carbocycles. The van der Waals surface area contributed by atoms with E-state index in [0.717, 1.165) is 36.3 Å². The molecule has 3 aromatic rings. The second-order valence-corrected chi connectivity index (χ2v) is 8.55. The SMILES string of the molecule is O=C(O)[C@@H](CCC(F)(F)CCCCc1ccc2c(n1)NCCC2)c1ccc2ccoc2c1. The molecule has 0 bridgehead atoms. The summed E-state index contributed by atoms with van der Waals surface area (Å²) in [7, 11) is 0. The van der Waals surface area contributed by atoms with Crippen LogP contribution < -0.4 is 5.32 Å². The molecule has 4 rings (SSSR count). The molecule has 0 unspecified atom stereocenters. The van der Waals surface area contributed by atoms with Crippen LogP contribution >= 0.6 is 0 Å². The van der Waals surface area contributed by atoms with Gasteiger partial charge in [-0.25, -0.2) is 13.8 Å². The van der Waals surface area contributed by atoms with E-state index in [4.69, 9.17) is 4.42 Å². The first-order valence-electron chi connectivity index (χ1n) is 11.2. The Morgan fingerprint density at radius 3 is 2.91 bits per heavy atom. The predicted octanol–water partition coefficient (Wildman–Crippen LogP) is 6.18. The Hall–Kier alpha value is -2.96. The van der Waals surface area contributed by atoms with E-state index < -0.39 is 24.2 Å². The van der Waals surface area contributed by atoms with E-state index in [9.17, 15) is 18.7 Å². The summed E-state index contributed by atoms with van der Waals surface area (Å²) in [5, 5.41) is 13.7. The number of aryl methyl sites for hydroxylation is 2. The number of aromatic nitrogens is 1. The Kier molecular flexibility index (Phi) is 6.72. The molecule has 5 nitrogen and oxygen atoms in total. The number of nitrogens with one attached hydrogen (secondary N) is 1. The molecule has 0 fully saturated rings. The molecule has 2 aromatic heterocycles. The van der Waals surface area contributed by atoms with E-state index in [1.54, 1.807) is 24.3 Å². The van der Waals surface area contributed by atoms with Gasteiger partial charge >= 0.3 is 5.97 Å². The molecule has 2 N–H and O–H groups in total. The normalized spacial score (nSPS) is 14.7. The van der Waals surface area contributed by atoms with Crippen LogP contribution in [-0.4, -0.2) is 28.5 Å². The van der Waals surface area contributed by atoms with Crippen LogP contribution in [0.1, 0.15) is 61.3 Å². The lowest BCUT2D eigenvalue weighted by Crippen LogP contribution is -2.20. The van der Waals surface area contributed by atoms with Crippen molar-refractivity contribution in [3.8, 4) is 0 Å². The number of carboxylic acids is 1. The van der Waals surface area contributed by atoms with E-state index in [1.807, 2.05) is 6.07 Å². The zero-order valence-electron chi connectivity index (χ0n) is 17.9. The van der Waals surface area contributed by atoms with Crippen molar-refractivity contribution in [1.29, 1.82) is 0 Å². The fourth-order valence-corrected chi connectivity index (χ4v) is 4.30. The third kappa shape index (κ3) is 5.44. The number of furan rings is 1. The van der Waals surface area contributed by atoms with Crippen LogP contribution in [0.2, 0.25) is 0 Å². The zero-order chi connectivity index (χ0) is 22.6. The monoisotopic (exact) mass is 442 g/mol. The standard InChI is InChI=1S/C25H28F2N2O3/c26-25(27,12-2-1-5-20-9-8-18-4-3-14-28-23(18)29-20)13-10-21(24(30)31)19-7-6-17-11-15-32-22(17)16-19/h6-9,11,15-16,21H,1-5,10,12-14H2,(H,28,29)(H,30,31)/t21-/m0/s1. The second kappa shape index (κ2) is 9.67. The third-order valence-electron chi connectivity index (χ3n) is 6.16. The molecule has 7 heteroatoms. The Labute approximate surface area is 185 Å². The molecule has 1 aliphatic heterocycles. The van der Waals surface area contributed by atoms with Gasteiger partial charge in [0.2, 0.25) is 5.92 Å². The lowest BCUT2D eigenvalue weighted by Gasteiger charge is -2.20. The summed E-state index contributed by atoms with van der Waals surface area (Å²) < 4.78 is 34.3. The zero-order valence-corrected chi connectivity index (χ0v) is 17.9. The van der Waals surface area contributed by atoms with Crippen molar-refractivity contribution < 1.29 is 23.1 Å². The van der Waals surface area contributed by atoms with Crippen molar-refractivity contribution in [3.05, 3.63) is 59.5 Å². The van der Waals surface area contributed by atoms with Gasteiger partial charge in [-0.05, 0) is 67.9 Å². The van der Waals surface area contributed by atoms with Gasteiger partial charge in [0.05, 0.1) is 12.2 Å². The topological polar surface area (TPSA) is 75.4 Å². The Morgan fingerprint density at radius 2 is 2.06 bits per heavy atom. The van der Waals surface area contributed by atoms with Gasteiger partial charge in [0.25, 0.3) is 0 Å². The van der Waals surface area contributed by atoms with Gasteiger partial charge in [0, 0.05) is 30.5 Å². The summed E-state index contributed by atoms with van der Waals surface area (Å²) >= 11 is 0. The van der Waals surface area contributed by atoms with Crippen LogP contribution in [0.5, 0.6) is 0 Å². The predicted molar refractivity (Wildman–Crippen MR) is 119 cm³/mol. The van der Waals surface area contributed by atoms with Gasteiger partial charge in [-0.3, -0.25) is 4.79 Å². The molecular formula is C25H28F2N2O3. The first-order valence-corrected chi connectivity index (χ1v) is 11.2. The van der Waals surface area contributed by atoms with Gasteiger partial charge < -0.3 is 14.8 Å². The molecule has 0 saturated heterocycles. The van der Waals surface area contributed by atoms with Crippen LogP contribution in [0.15, 0.2) is 47.1 Å². The van der Waals surface area contributed by atoms with Gasteiger partial charge in [0.1, 0.15) is 11.4 Å². The highest BCUT2D eigenvalue weighted by Gasteiger charge is 2.31. The number of hydrogen-bond donors (Lipinski definition) is 2. The lowest BCUT2D eigenvalue weighted by molar-refractivity contribution is -0.139. The maximum absolute atomic E-state index is 14.5. The number of nitrogens with zero attached hydrogens (tertiary/aromatic N) is 1. The molecule has 0 saturated carbocycles. The van der Waals surface area contributed by atoms with Crippen molar-refractivity contribution in [3.63, 3.8) is 0 Å². The Morgan fingerprint density at radius 1 is 1.19 bits per heavy atom. The van der Waals surface area contributed by atoms with Crippen molar-refractivity contribution in [1.82, 2.24) is 4.98 Å². The first kappa shape index (κ1) is 22.2. The summed E-state index contributed by atoms with van der Waals surface area (Å²) in [6, 6.07) is 10.9. The molecule has 1 aliphatic rings. The first-order chi connectivity index (χ1) is 15.4. The van der Waals surface area contributed by atoms with E-state index in [-0.39, 0.29) is 12.8 Å². The highest BCUT2D eigenvalue weighted by molar-refractivity contribution is 5.81. The van der Waals surface area contributed by atoms with Gasteiger partial charge in [-0.2, -0.15) is 0 Å². The highest BCUT2D eigenvalue weighted by atomic mass is 19.3. The van der Waals surface area contributed by atoms with Crippen LogP contribution in [0.4, 0.5) is 14.6 Å². The molecule has 170 valence electrons. The summed E-state index contributed by atoms with van der Waals surface area (Å²) in [5.41, 5.74) is 3.18. The number of halogens is 2. The number of carboxylic acid groups (broad SMARTS) is 1. The number of anilines is 1. The molecule has 0 spiro atoms. The maximum Gasteiger partial charge on any atom is 0.310 e. The summed E-state index contributed by atoms with van der Waals surface area (Å²) in [6.45, 7) is 0.919. The van der Waals surface area contributed by atoms with E-state index in [1.165, 1.54) is 11.8 Å². The highest BCUT2D eigenvalue weighted by Crippen LogP contribution is 2.33. The van der Waals surface area contributed by atoms with Crippen LogP contribution in [-0.2, 0) is 17.6 Å². The fourth-order valence-electron chi connectivity index (χ4n) is 4.30. The minimum Gasteiger partial charge on any atom is -0.481 e. The largest absolute Gasteiger partial charge is 0.481 e. The number of aliphatic carboxylic acids is 1. The summed E-state index contributed by atoms with van der Waals surface area (Å²) in [5.74, 6) is -4.05. The average molecular weight is 443 g/mol. The van der Waals surface area contributed by atoms with E-state index in [2.05, 4.69) is 16.4 Å². The Bertz CT molecular complexity index is 1080. The van der Waals surface area contributed by atoms with E-state index >= 15 is 0 Å². The van der Waals surface area contributed by atoms with Crippen molar-refractivity contribution in [2.75, 3.05) is 11.9 Å². The van der Waals surface area contributed by atoms with Gasteiger partial charge in [-0.1, -0.05) is 18.2 Å². The third-order valence-corrected chi connectivity index (χ3v) is 6.16. The minimum absolute atomic E-state index is 0.118. The molecule has 3 heterocycles. The average Bonchev–Trinajstić information content (AvgIpc) is 3.24. The molecule has 1 atom stereocenters. The molecule has 0 radical (unpaired) electrons. The molecular weight excluding hydrogens is 414 g/mol. The van der Waals surface area contributed by atoms with Gasteiger partial charge in [0.15, 0.2) is 0 Å². The van der Waals surface area contributed by atoms with Crippen LogP contribution in [0.25, 0.3) is 11.0 Å². The van der Waals surface area contributed by atoms with Crippen molar-refractivity contribution >= 4 is 22.8 Å². The quantitative estimate of drug-likeness (QED) is 0.367.